The van der Waals surface area contributed by atoms with E-state index >= 15 is 0 Å². The molecule has 0 unspecified atom stereocenters. The molecule has 1 aromatic heterocycles. The van der Waals surface area contributed by atoms with E-state index < -0.39 is 5.97 Å². The van der Waals surface area contributed by atoms with Gasteiger partial charge in [0.1, 0.15) is 0 Å². The highest BCUT2D eigenvalue weighted by Crippen LogP contribution is 2.13. The van der Waals surface area contributed by atoms with Gasteiger partial charge in [-0.1, -0.05) is 0 Å². The van der Waals surface area contributed by atoms with Crippen molar-refractivity contribution in [3.63, 3.8) is 0 Å². The summed E-state index contributed by atoms with van der Waals surface area (Å²) in [6.45, 7) is 3.44. The van der Waals surface area contributed by atoms with Crippen LogP contribution in [0, 0.1) is 13.8 Å². The maximum Gasteiger partial charge on any atom is 0.307 e. The van der Waals surface area contributed by atoms with Gasteiger partial charge in [0.2, 0.25) is 5.28 Å². The van der Waals surface area contributed by atoms with Gasteiger partial charge in [0.15, 0.2) is 0 Å². The standard InChI is InChI=1S/C8H9ClN2O2/c1-4-6(3-7(12)13)5(2)11-8(9)10-4/h3H2,1-2H3,(H,12,13). The Kier molecular flexibility index (Phi) is 2.83. The first-order valence-electron chi connectivity index (χ1n) is 3.72. The van der Waals surface area contributed by atoms with Gasteiger partial charge in [0.05, 0.1) is 6.42 Å². The zero-order valence-corrected chi connectivity index (χ0v) is 8.09. The molecule has 13 heavy (non-hydrogen) atoms. The van der Waals surface area contributed by atoms with Gasteiger partial charge in [-0.3, -0.25) is 4.79 Å². The summed E-state index contributed by atoms with van der Waals surface area (Å²) in [6.07, 6.45) is -0.0607. The van der Waals surface area contributed by atoms with Crippen LogP contribution in [-0.4, -0.2) is 21.0 Å². The average molecular weight is 201 g/mol. The Labute approximate surface area is 80.6 Å². The summed E-state index contributed by atoms with van der Waals surface area (Å²) in [5.74, 6) is -0.892. The third kappa shape index (κ3) is 2.39. The van der Waals surface area contributed by atoms with Crippen LogP contribution in [0.4, 0.5) is 0 Å². The number of halogens is 1. The molecule has 1 rings (SSSR count). The molecule has 0 aromatic carbocycles. The first-order valence-corrected chi connectivity index (χ1v) is 4.10. The Hall–Kier alpha value is -1.16. The molecule has 0 fully saturated rings. The first kappa shape index (κ1) is 9.92. The number of nitrogens with zero attached hydrogens (tertiary/aromatic N) is 2. The van der Waals surface area contributed by atoms with Crippen molar-refractivity contribution >= 4 is 17.6 Å². The van der Waals surface area contributed by atoms with Gasteiger partial charge in [-0.15, -0.1) is 0 Å². The number of carboxylic acid groups (broad SMARTS) is 1. The van der Waals surface area contributed by atoms with Crippen molar-refractivity contribution in [3.05, 3.63) is 22.2 Å². The lowest BCUT2D eigenvalue weighted by atomic mass is 10.1. The predicted molar refractivity (Wildman–Crippen MR) is 47.9 cm³/mol. The fourth-order valence-corrected chi connectivity index (χ4v) is 1.36. The number of carbonyl (C=O) groups is 1. The van der Waals surface area contributed by atoms with Gasteiger partial charge in [0.25, 0.3) is 0 Å². The van der Waals surface area contributed by atoms with E-state index in [1.54, 1.807) is 13.8 Å². The minimum absolute atomic E-state index is 0.0607. The number of aryl methyl sites for hydroxylation is 2. The van der Waals surface area contributed by atoms with Gasteiger partial charge in [-0.2, -0.15) is 0 Å². The molecule has 0 radical (unpaired) electrons. The molecule has 1 aromatic rings. The van der Waals surface area contributed by atoms with Gasteiger partial charge in [0, 0.05) is 17.0 Å². The highest BCUT2D eigenvalue weighted by Gasteiger charge is 2.10. The van der Waals surface area contributed by atoms with Gasteiger partial charge >= 0.3 is 5.97 Å². The highest BCUT2D eigenvalue weighted by molar-refractivity contribution is 6.28. The zero-order valence-electron chi connectivity index (χ0n) is 7.33. The molecular weight excluding hydrogens is 192 g/mol. The Bertz CT molecular complexity index is 329. The van der Waals surface area contributed by atoms with Crippen LogP contribution in [0.2, 0.25) is 5.28 Å². The second-order valence-electron chi connectivity index (χ2n) is 2.71. The lowest BCUT2D eigenvalue weighted by Crippen LogP contribution is -2.07. The van der Waals surface area contributed by atoms with Crippen LogP contribution in [0.15, 0.2) is 0 Å². The van der Waals surface area contributed by atoms with E-state index in [4.69, 9.17) is 16.7 Å². The minimum Gasteiger partial charge on any atom is -0.481 e. The van der Waals surface area contributed by atoms with Crippen molar-refractivity contribution in [2.24, 2.45) is 0 Å². The first-order chi connectivity index (χ1) is 6.00. The lowest BCUT2D eigenvalue weighted by molar-refractivity contribution is -0.136. The van der Waals surface area contributed by atoms with Gasteiger partial charge in [-0.25, -0.2) is 9.97 Å². The summed E-state index contributed by atoms with van der Waals surface area (Å²) >= 11 is 5.59. The third-order valence-electron chi connectivity index (χ3n) is 1.72. The summed E-state index contributed by atoms with van der Waals surface area (Å²) in [5, 5.41) is 8.75. The largest absolute Gasteiger partial charge is 0.481 e. The van der Waals surface area contributed by atoms with E-state index in [0.717, 1.165) is 0 Å². The molecule has 0 saturated carbocycles. The van der Waals surface area contributed by atoms with E-state index in [0.29, 0.717) is 17.0 Å². The molecule has 0 aliphatic heterocycles. The van der Waals surface area contributed by atoms with Crippen LogP contribution < -0.4 is 0 Å². The van der Waals surface area contributed by atoms with E-state index in [1.165, 1.54) is 0 Å². The third-order valence-corrected chi connectivity index (χ3v) is 1.89. The van der Waals surface area contributed by atoms with Crippen molar-refractivity contribution in [3.8, 4) is 0 Å². The van der Waals surface area contributed by atoms with Crippen LogP contribution in [0.1, 0.15) is 17.0 Å². The second-order valence-corrected chi connectivity index (χ2v) is 3.05. The highest BCUT2D eigenvalue weighted by atomic mass is 35.5. The van der Waals surface area contributed by atoms with Crippen LogP contribution in [-0.2, 0) is 11.2 Å². The molecule has 0 aliphatic carbocycles. The van der Waals surface area contributed by atoms with Gasteiger partial charge in [-0.05, 0) is 25.4 Å². The Morgan fingerprint density at radius 1 is 1.38 bits per heavy atom. The Morgan fingerprint density at radius 3 is 2.23 bits per heavy atom. The van der Waals surface area contributed by atoms with E-state index in [-0.39, 0.29) is 11.7 Å². The normalized spacial score (nSPS) is 10.1. The molecule has 4 nitrogen and oxygen atoms in total. The predicted octanol–water partition coefficient (Wildman–Crippen LogP) is 1.37. The maximum atomic E-state index is 10.5. The zero-order chi connectivity index (χ0) is 10.0. The second kappa shape index (κ2) is 3.70. The molecule has 5 heteroatoms. The topological polar surface area (TPSA) is 63.1 Å². The number of carboxylic acids is 1. The summed E-state index contributed by atoms with van der Waals surface area (Å²) in [4.78, 5) is 18.2. The minimum atomic E-state index is -0.892. The summed E-state index contributed by atoms with van der Waals surface area (Å²) < 4.78 is 0. The van der Waals surface area contributed by atoms with Crippen molar-refractivity contribution < 1.29 is 9.90 Å². The van der Waals surface area contributed by atoms with E-state index in [9.17, 15) is 4.79 Å². The molecule has 0 spiro atoms. The molecule has 0 bridgehead atoms. The lowest BCUT2D eigenvalue weighted by Gasteiger charge is -2.05. The monoisotopic (exact) mass is 200 g/mol. The molecular formula is C8H9ClN2O2. The van der Waals surface area contributed by atoms with Crippen LogP contribution in [0.5, 0.6) is 0 Å². The van der Waals surface area contributed by atoms with Gasteiger partial charge < -0.3 is 5.11 Å². The molecule has 0 amide bonds. The number of aromatic nitrogens is 2. The summed E-state index contributed by atoms with van der Waals surface area (Å²) in [6, 6.07) is 0. The molecule has 1 N–H and O–H groups in total. The van der Waals surface area contributed by atoms with Crippen LogP contribution in [0.3, 0.4) is 0 Å². The molecule has 70 valence electrons. The van der Waals surface area contributed by atoms with Crippen molar-refractivity contribution in [2.75, 3.05) is 0 Å². The SMILES string of the molecule is Cc1nc(Cl)nc(C)c1CC(=O)O. The van der Waals surface area contributed by atoms with Crippen LogP contribution >= 0.6 is 11.6 Å². The quantitative estimate of drug-likeness (QED) is 0.733. The molecule has 0 saturated heterocycles. The van der Waals surface area contributed by atoms with E-state index in [1.807, 2.05) is 0 Å². The van der Waals surface area contributed by atoms with Crippen molar-refractivity contribution in [1.29, 1.82) is 0 Å². The number of hydrogen-bond acceptors (Lipinski definition) is 3. The smallest absolute Gasteiger partial charge is 0.307 e. The molecule has 0 aliphatic rings. The number of hydrogen-bond donors (Lipinski definition) is 1. The molecule has 0 atom stereocenters. The Morgan fingerprint density at radius 2 is 1.85 bits per heavy atom. The van der Waals surface area contributed by atoms with E-state index in [2.05, 4.69) is 9.97 Å². The number of rotatable bonds is 2. The Balaban J connectivity index is 3.13. The number of aliphatic carboxylic acids is 1. The van der Waals surface area contributed by atoms with Crippen molar-refractivity contribution in [2.45, 2.75) is 20.3 Å². The average Bonchev–Trinajstić information content (AvgIpc) is 1.96. The fourth-order valence-electron chi connectivity index (χ4n) is 1.11. The maximum absolute atomic E-state index is 10.5. The fraction of sp³-hybridized carbons (Fsp3) is 0.375. The summed E-state index contributed by atoms with van der Waals surface area (Å²) in [7, 11) is 0. The van der Waals surface area contributed by atoms with Crippen LogP contribution in [0.25, 0.3) is 0 Å². The van der Waals surface area contributed by atoms with Crippen molar-refractivity contribution in [1.82, 2.24) is 9.97 Å². The molecule has 1 heterocycles. The summed E-state index contributed by atoms with van der Waals surface area (Å²) in [5.41, 5.74) is 1.89.